The minimum Gasteiger partial charge on any atom is -0.466 e. The van der Waals surface area contributed by atoms with Gasteiger partial charge in [0.05, 0.1) is 12.5 Å². The summed E-state index contributed by atoms with van der Waals surface area (Å²) in [4.78, 5) is 16.1. The number of pyridine rings is 1. The van der Waals surface area contributed by atoms with Crippen molar-refractivity contribution in [1.29, 1.82) is 0 Å². The molecule has 0 spiro atoms. The van der Waals surface area contributed by atoms with E-state index in [0.717, 1.165) is 12.8 Å². The lowest BCUT2D eigenvalue weighted by Crippen LogP contribution is -2.38. The Hall–Kier alpha value is -1.42. The van der Waals surface area contributed by atoms with Crippen LogP contribution < -0.4 is 0 Å². The number of rotatable bonds is 7. The monoisotopic (exact) mass is 265 g/mol. The number of ether oxygens (including phenoxy) is 1. The second kappa shape index (κ2) is 7.24. The van der Waals surface area contributed by atoms with Gasteiger partial charge in [-0.05, 0) is 26.3 Å². The molecule has 4 heteroatoms. The quantitative estimate of drug-likeness (QED) is 0.770. The lowest BCUT2D eigenvalue weighted by atomic mass is 9.80. The Morgan fingerprint density at radius 3 is 2.79 bits per heavy atom. The summed E-state index contributed by atoms with van der Waals surface area (Å²) in [5.41, 5.74) is -0.612. The number of hydrogen-bond acceptors (Lipinski definition) is 4. The minimum absolute atomic E-state index is 0.324. The first kappa shape index (κ1) is 15.6. The van der Waals surface area contributed by atoms with E-state index in [-0.39, 0.29) is 5.97 Å². The topological polar surface area (TPSA) is 59.4 Å². The van der Waals surface area contributed by atoms with E-state index in [1.54, 1.807) is 38.4 Å². The van der Waals surface area contributed by atoms with Crippen LogP contribution in [0.1, 0.15) is 45.6 Å². The van der Waals surface area contributed by atoms with E-state index in [4.69, 9.17) is 4.74 Å². The van der Waals surface area contributed by atoms with Gasteiger partial charge in [-0.1, -0.05) is 25.8 Å². The molecule has 0 aliphatic rings. The van der Waals surface area contributed by atoms with Crippen LogP contribution in [0.5, 0.6) is 0 Å². The van der Waals surface area contributed by atoms with Gasteiger partial charge in [0.25, 0.3) is 0 Å². The van der Waals surface area contributed by atoms with Crippen molar-refractivity contribution in [2.24, 2.45) is 5.92 Å². The van der Waals surface area contributed by atoms with Gasteiger partial charge in [-0.15, -0.1) is 0 Å². The lowest BCUT2D eigenvalue weighted by Gasteiger charge is -2.31. The first-order valence-corrected chi connectivity index (χ1v) is 6.83. The average Bonchev–Trinajstić information content (AvgIpc) is 2.40. The van der Waals surface area contributed by atoms with Gasteiger partial charge in [-0.3, -0.25) is 9.78 Å². The Bertz CT molecular complexity index is 390. The summed E-state index contributed by atoms with van der Waals surface area (Å²) in [7, 11) is 0. The predicted octanol–water partition coefficient (Wildman–Crippen LogP) is 2.66. The molecule has 0 aliphatic carbocycles. The minimum atomic E-state index is -1.25. The molecular weight excluding hydrogens is 242 g/mol. The molecule has 2 atom stereocenters. The highest BCUT2D eigenvalue weighted by Crippen LogP contribution is 2.33. The number of carbonyl (C=O) groups excluding carboxylic acids is 1. The molecular formula is C15H23NO3. The van der Waals surface area contributed by atoms with Crippen molar-refractivity contribution in [3.05, 3.63) is 30.1 Å². The molecule has 1 heterocycles. The highest BCUT2D eigenvalue weighted by atomic mass is 16.5. The summed E-state index contributed by atoms with van der Waals surface area (Å²) in [5.74, 6) is -0.901. The highest BCUT2D eigenvalue weighted by Gasteiger charge is 2.39. The summed E-state index contributed by atoms with van der Waals surface area (Å²) in [5, 5.41) is 10.7. The van der Waals surface area contributed by atoms with Crippen molar-refractivity contribution in [3.8, 4) is 0 Å². The smallest absolute Gasteiger partial charge is 0.312 e. The van der Waals surface area contributed by atoms with E-state index in [1.807, 2.05) is 0 Å². The normalized spacial score (nSPS) is 15.6. The molecule has 1 aromatic heterocycles. The highest BCUT2D eigenvalue weighted by molar-refractivity contribution is 5.74. The number of carbonyl (C=O) groups is 1. The molecule has 0 fully saturated rings. The van der Waals surface area contributed by atoms with Gasteiger partial charge in [-0.25, -0.2) is 0 Å². The molecule has 0 saturated carbocycles. The van der Waals surface area contributed by atoms with E-state index in [9.17, 15) is 9.90 Å². The van der Waals surface area contributed by atoms with Gasteiger partial charge in [0.1, 0.15) is 5.60 Å². The fourth-order valence-corrected chi connectivity index (χ4v) is 2.14. The van der Waals surface area contributed by atoms with Crippen molar-refractivity contribution < 1.29 is 14.6 Å². The Morgan fingerprint density at radius 1 is 1.53 bits per heavy atom. The zero-order valence-corrected chi connectivity index (χ0v) is 11.9. The third-order valence-corrected chi connectivity index (χ3v) is 3.34. The van der Waals surface area contributed by atoms with Crippen LogP contribution in [0.15, 0.2) is 24.5 Å². The van der Waals surface area contributed by atoms with Gasteiger partial charge in [0, 0.05) is 18.0 Å². The molecule has 106 valence electrons. The average molecular weight is 265 g/mol. The number of aliphatic hydroxyl groups is 1. The molecule has 0 amide bonds. The van der Waals surface area contributed by atoms with Gasteiger partial charge < -0.3 is 9.84 Å². The maximum atomic E-state index is 12.1. The van der Waals surface area contributed by atoms with Crippen molar-refractivity contribution in [2.75, 3.05) is 6.61 Å². The van der Waals surface area contributed by atoms with Crippen LogP contribution in [0.25, 0.3) is 0 Å². The zero-order valence-electron chi connectivity index (χ0n) is 11.9. The third-order valence-electron chi connectivity index (χ3n) is 3.34. The van der Waals surface area contributed by atoms with Crippen molar-refractivity contribution >= 4 is 5.97 Å². The summed E-state index contributed by atoms with van der Waals surface area (Å²) >= 11 is 0. The van der Waals surface area contributed by atoms with E-state index >= 15 is 0 Å². The molecule has 19 heavy (non-hydrogen) atoms. The first-order chi connectivity index (χ1) is 9.04. The number of esters is 1. The summed E-state index contributed by atoms with van der Waals surface area (Å²) in [6.07, 6.45) is 5.69. The van der Waals surface area contributed by atoms with Crippen LogP contribution in [0.3, 0.4) is 0 Å². The van der Waals surface area contributed by atoms with Crippen LogP contribution in [-0.2, 0) is 15.1 Å². The molecule has 1 N–H and O–H groups in total. The van der Waals surface area contributed by atoms with Crippen LogP contribution in [0, 0.1) is 5.92 Å². The third kappa shape index (κ3) is 4.03. The molecule has 0 aromatic carbocycles. The van der Waals surface area contributed by atoms with Crippen molar-refractivity contribution in [1.82, 2.24) is 4.98 Å². The Kier molecular flexibility index (Phi) is 5.96. The Labute approximate surface area is 114 Å². The number of aromatic nitrogens is 1. The summed E-state index contributed by atoms with van der Waals surface area (Å²) in [6.45, 7) is 5.81. The molecule has 0 bridgehead atoms. The fourth-order valence-electron chi connectivity index (χ4n) is 2.14. The Morgan fingerprint density at radius 2 is 2.26 bits per heavy atom. The lowest BCUT2D eigenvalue weighted by molar-refractivity contribution is -0.158. The second-order valence-corrected chi connectivity index (χ2v) is 4.84. The van der Waals surface area contributed by atoms with E-state index in [0.29, 0.717) is 18.6 Å². The molecule has 0 radical (unpaired) electrons. The maximum absolute atomic E-state index is 12.1. The fraction of sp³-hybridized carbons (Fsp3) is 0.600. The van der Waals surface area contributed by atoms with Gasteiger partial charge in [0.15, 0.2) is 0 Å². The first-order valence-electron chi connectivity index (χ1n) is 6.83. The van der Waals surface area contributed by atoms with Gasteiger partial charge in [-0.2, -0.15) is 0 Å². The number of nitrogens with zero attached hydrogens (tertiary/aromatic N) is 1. The molecule has 4 nitrogen and oxygen atoms in total. The van der Waals surface area contributed by atoms with Gasteiger partial charge >= 0.3 is 5.97 Å². The number of unbranched alkanes of at least 4 members (excludes halogenated alkanes) is 1. The molecule has 2 unspecified atom stereocenters. The molecule has 0 saturated heterocycles. The van der Waals surface area contributed by atoms with E-state index < -0.39 is 11.5 Å². The Balaban J connectivity index is 2.97. The molecule has 0 aliphatic heterocycles. The zero-order chi connectivity index (χ0) is 14.3. The SMILES string of the molecule is CCCCC(C(=O)OCC)C(C)(O)c1cccnc1. The summed E-state index contributed by atoms with van der Waals surface area (Å²) in [6, 6.07) is 3.54. The van der Waals surface area contributed by atoms with Crippen LogP contribution in [-0.4, -0.2) is 22.7 Å². The maximum Gasteiger partial charge on any atom is 0.312 e. The van der Waals surface area contributed by atoms with Crippen molar-refractivity contribution in [3.63, 3.8) is 0 Å². The molecule has 1 rings (SSSR count). The van der Waals surface area contributed by atoms with Crippen LogP contribution in [0.2, 0.25) is 0 Å². The number of hydrogen-bond donors (Lipinski definition) is 1. The van der Waals surface area contributed by atoms with Crippen molar-refractivity contribution in [2.45, 2.75) is 45.6 Å². The largest absolute Gasteiger partial charge is 0.466 e. The van der Waals surface area contributed by atoms with E-state index in [2.05, 4.69) is 11.9 Å². The van der Waals surface area contributed by atoms with Gasteiger partial charge in [0.2, 0.25) is 0 Å². The molecule has 1 aromatic rings. The van der Waals surface area contributed by atoms with E-state index in [1.165, 1.54) is 0 Å². The summed E-state index contributed by atoms with van der Waals surface area (Å²) < 4.78 is 5.09. The standard InChI is InChI=1S/C15H23NO3/c1-4-6-9-13(14(17)19-5-2)15(3,18)12-8-7-10-16-11-12/h7-8,10-11,13,18H,4-6,9H2,1-3H3. The van der Waals surface area contributed by atoms with Crippen LogP contribution >= 0.6 is 0 Å². The predicted molar refractivity (Wildman–Crippen MR) is 73.5 cm³/mol. The second-order valence-electron chi connectivity index (χ2n) is 4.84. The van der Waals surface area contributed by atoms with Crippen LogP contribution in [0.4, 0.5) is 0 Å².